The van der Waals surface area contributed by atoms with Crippen LogP contribution in [-0.2, 0) is 4.79 Å². The summed E-state index contributed by atoms with van der Waals surface area (Å²) in [5, 5.41) is 2.92. The van der Waals surface area contributed by atoms with Gasteiger partial charge in [-0.25, -0.2) is 0 Å². The number of carbonyl (C=O) groups is 1. The molecule has 0 radical (unpaired) electrons. The minimum absolute atomic E-state index is 0.0255. The molecule has 0 spiro atoms. The van der Waals surface area contributed by atoms with E-state index in [4.69, 9.17) is 0 Å². The highest BCUT2D eigenvalue weighted by Gasteiger charge is 2.02. The summed E-state index contributed by atoms with van der Waals surface area (Å²) in [5.41, 5.74) is 1.11. The van der Waals surface area contributed by atoms with Crippen LogP contribution >= 0.6 is 11.8 Å². The summed E-state index contributed by atoms with van der Waals surface area (Å²) in [7, 11) is 4.07. The Balaban J connectivity index is 2.49. The van der Waals surface area contributed by atoms with Gasteiger partial charge in [0, 0.05) is 23.3 Å². The van der Waals surface area contributed by atoms with Gasteiger partial charge in [-0.3, -0.25) is 4.79 Å². The predicted molar refractivity (Wildman–Crippen MR) is 97.2 cm³/mol. The molecule has 0 aromatic heterocycles. The van der Waals surface area contributed by atoms with E-state index in [0.29, 0.717) is 12.5 Å². The molecule has 0 aliphatic heterocycles. The van der Waals surface area contributed by atoms with Crippen LogP contribution in [0.15, 0.2) is 35.2 Å². The third-order valence-electron chi connectivity index (χ3n) is 2.99. The van der Waals surface area contributed by atoms with Gasteiger partial charge in [-0.1, -0.05) is 32.0 Å². The van der Waals surface area contributed by atoms with Crippen molar-refractivity contribution >= 4 is 23.7 Å². The van der Waals surface area contributed by atoms with Crippen LogP contribution in [0.3, 0.4) is 0 Å². The highest BCUT2D eigenvalue weighted by Crippen LogP contribution is 2.25. The van der Waals surface area contributed by atoms with Crippen LogP contribution in [-0.4, -0.2) is 43.7 Å². The number of hydrogen-bond acceptors (Lipinski definition) is 3. The summed E-state index contributed by atoms with van der Waals surface area (Å²) in [6.45, 7) is 6.13. The second-order valence-electron chi connectivity index (χ2n) is 6.02. The lowest BCUT2D eigenvalue weighted by Crippen LogP contribution is -2.25. The number of thioether (sulfide) groups is 1. The topological polar surface area (TPSA) is 32.3 Å². The standard InChI is InChI=1S/C18H28N2OS/c1-15(2)14-22-17-9-6-5-8-16(17)10-11-18(21)19-12-7-13-20(3)4/h5-6,8-11,15H,7,12-14H2,1-4H3,(H,19,21)/b11-10+. The maximum absolute atomic E-state index is 11.8. The van der Waals surface area contributed by atoms with Crippen molar-refractivity contribution in [3.63, 3.8) is 0 Å². The minimum atomic E-state index is -0.0255. The molecule has 3 nitrogen and oxygen atoms in total. The average Bonchev–Trinajstić information content (AvgIpc) is 2.48. The minimum Gasteiger partial charge on any atom is -0.353 e. The summed E-state index contributed by atoms with van der Waals surface area (Å²) in [6.07, 6.45) is 4.50. The van der Waals surface area contributed by atoms with Crippen molar-refractivity contribution in [2.45, 2.75) is 25.2 Å². The maximum Gasteiger partial charge on any atom is 0.244 e. The Kier molecular flexibility index (Phi) is 8.94. The fraction of sp³-hybridized carbons (Fsp3) is 0.500. The third-order valence-corrected chi connectivity index (χ3v) is 4.50. The number of rotatable bonds is 9. The van der Waals surface area contributed by atoms with E-state index in [1.807, 2.05) is 44.1 Å². The summed E-state index contributed by atoms with van der Waals surface area (Å²) in [5.74, 6) is 1.71. The van der Waals surface area contributed by atoms with E-state index < -0.39 is 0 Å². The fourth-order valence-electron chi connectivity index (χ4n) is 1.84. The molecule has 1 amide bonds. The second kappa shape index (κ2) is 10.5. The Bertz CT molecular complexity index is 484. The highest BCUT2D eigenvalue weighted by molar-refractivity contribution is 7.99. The number of hydrogen-bond donors (Lipinski definition) is 1. The molecular weight excluding hydrogens is 292 g/mol. The number of nitrogens with one attached hydrogen (secondary N) is 1. The van der Waals surface area contributed by atoms with Crippen molar-refractivity contribution in [3.8, 4) is 0 Å². The van der Waals surface area contributed by atoms with Gasteiger partial charge in [0.2, 0.25) is 5.91 Å². The lowest BCUT2D eigenvalue weighted by Gasteiger charge is -2.09. The molecule has 0 unspecified atom stereocenters. The maximum atomic E-state index is 11.8. The predicted octanol–water partition coefficient (Wildman–Crippen LogP) is 3.52. The molecule has 0 aliphatic rings. The lowest BCUT2D eigenvalue weighted by molar-refractivity contribution is -0.116. The number of benzene rings is 1. The molecule has 0 saturated heterocycles. The van der Waals surface area contributed by atoms with Gasteiger partial charge in [0.15, 0.2) is 0 Å². The largest absolute Gasteiger partial charge is 0.353 e. The molecule has 4 heteroatoms. The first-order valence-corrected chi connectivity index (χ1v) is 8.80. The van der Waals surface area contributed by atoms with Crippen LogP contribution in [0, 0.1) is 5.92 Å². The van der Waals surface area contributed by atoms with Gasteiger partial charge in [-0.2, -0.15) is 0 Å². The Morgan fingerprint density at radius 2 is 2.05 bits per heavy atom. The first-order chi connectivity index (χ1) is 10.5. The fourth-order valence-corrected chi connectivity index (χ4v) is 2.83. The zero-order valence-electron chi connectivity index (χ0n) is 14.1. The van der Waals surface area contributed by atoms with Gasteiger partial charge in [0.05, 0.1) is 0 Å². The van der Waals surface area contributed by atoms with Gasteiger partial charge in [0.1, 0.15) is 0 Å². The second-order valence-corrected chi connectivity index (χ2v) is 7.09. The molecule has 1 aromatic rings. The molecule has 0 bridgehead atoms. The van der Waals surface area contributed by atoms with Crippen molar-refractivity contribution in [1.82, 2.24) is 10.2 Å². The zero-order chi connectivity index (χ0) is 16.4. The molecule has 0 heterocycles. The van der Waals surface area contributed by atoms with Crippen LogP contribution in [0.4, 0.5) is 0 Å². The van der Waals surface area contributed by atoms with E-state index in [1.54, 1.807) is 6.08 Å². The SMILES string of the molecule is CC(C)CSc1ccccc1/C=C/C(=O)NCCCN(C)C. The van der Waals surface area contributed by atoms with Crippen LogP contribution in [0.1, 0.15) is 25.8 Å². The molecule has 22 heavy (non-hydrogen) atoms. The molecule has 0 atom stereocenters. The smallest absolute Gasteiger partial charge is 0.244 e. The van der Waals surface area contributed by atoms with Crippen LogP contribution in [0.5, 0.6) is 0 Å². The van der Waals surface area contributed by atoms with Crippen LogP contribution in [0.25, 0.3) is 6.08 Å². The Morgan fingerprint density at radius 1 is 1.32 bits per heavy atom. The summed E-state index contributed by atoms with van der Waals surface area (Å²) < 4.78 is 0. The molecular formula is C18H28N2OS. The molecule has 0 aliphatic carbocycles. The van der Waals surface area contributed by atoms with E-state index in [9.17, 15) is 4.79 Å². The normalized spacial score (nSPS) is 11.5. The van der Waals surface area contributed by atoms with Crippen LogP contribution < -0.4 is 5.32 Å². The Morgan fingerprint density at radius 3 is 2.73 bits per heavy atom. The van der Waals surface area contributed by atoms with Gasteiger partial charge < -0.3 is 10.2 Å². The van der Waals surface area contributed by atoms with Gasteiger partial charge in [0.25, 0.3) is 0 Å². The van der Waals surface area contributed by atoms with Crippen LogP contribution in [0.2, 0.25) is 0 Å². The van der Waals surface area contributed by atoms with E-state index in [-0.39, 0.29) is 5.91 Å². The molecule has 1 rings (SSSR count). The van der Waals surface area contributed by atoms with Crippen molar-refractivity contribution in [1.29, 1.82) is 0 Å². The Labute approximate surface area is 139 Å². The summed E-state index contributed by atoms with van der Waals surface area (Å²) in [6, 6.07) is 8.22. The summed E-state index contributed by atoms with van der Waals surface area (Å²) in [4.78, 5) is 15.2. The van der Waals surface area contributed by atoms with Crippen molar-refractivity contribution < 1.29 is 4.79 Å². The molecule has 1 N–H and O–H groups in total. The van der Waals surface area contributed by atoms with Gasteiger partial charge in [-0.05, 0) is 50.7 Å². The van der Waals surface area contributed by atoms with E-state index in [2.05, 4.69) is 36.2 Å². The van der Waals surface area contributed by atoms with Crippen molar-refractivity contribution in [3.05, 3.63) is 35.9 Å². The van der Waals surface area contributed by atoms with E-state index >= 15 is 0 Å². The van der Waals surface area contributed by atoms with Crippen molar-refractivity contribution in [2.24, 2.45) is 5.92 Å². The quantitative estimate of drug-likeness (QED) is 0.429. The molecule has 0 fully saturated rings. The number of nitrogens with zero attached hydrogens (tertiary/aromatic N) is 1. The monoisotopic (exact) mass is 320 g/mol. The highest BCUT2D eigenvalue weighted by atomic mass is 32.2. The Hall–Kier alpha value is -1.26. The molecule has 1 aromatic carbocycles. The lowest BCUT2D eigenvalue weighted by atomic mass is 10.2. The average molecular weight is 321 g/mol. The van der Waals surface area contributed by atoms with Gasteiger partial charge >= 0.3 is 0 Å². The third kappa shape index (κ3) is 8.25. The number of amides is 1. The van der Waals surface area contributed by atoms with Crippen molar-refractivity contribution in [2.75, 3.05) is 32.9 Å². The zero-order valence-corrected chi connectivity index (χ0v) is 15.0. The van der Waals surface area contributed by atoms with Gasteiger partial charge in [-0.15, -0.1) is 11.8 Å². The first kappa shape index (κ1) is 18.8. The summed E-state index contributed by atoms with van der Waals surface area (Å²) >= 11 is 1.84. The molecule has 122 valence electrons. The first-order valence-electron chi connectivity index (χ1n) is 7.81. The van der Waals surface area contributed by atoms with E-state index in [0.717, 1.165) is 24.3 Å². The van der Waals surface area contributed by atoms with E-state index in [1.165, 1.54) is 4.90 Å². The molecule has 0 saturated carbocycles. The number of carbonyl (C=O) groups excluding carboxylic acids is 1.